The SMILES string of the molecule is CN(C)c1cc(N2CC3(C2)OCC[C@@H]3CCOCC2CCOCC2)ncn1. The number of hydrogen-bond donors (Lipinski definition) is 0. The van der Waals surface area contributed by atoms with E-state index in [-0.39, 0.29) is 5.60 Å². The molecule has 7 heteroatoms. The van der Waals surface area contributed by atoms with E-state index in [9.17, 15) is 0 Å². The minimum atomic E-state index is -0.00866. The standard InChI is InChI=1S/C20H32N4O3/c1-23(2)18-11-19(22-15-21-18)24-13-20(14-24)17(6-10-27-20)5-9-26-12-16-3-7-25-8-4-16/h11,15-17H,3-10,12-14H2,1-2H3/t17-/m0/s1. The summed E-state index contributed by atoms with van der Waals surface area (Å²) in [7, 11) is 4.00. The van der Waals surface area contributed by atoms with Gasteiger partial charge in [-0.1, -0.05) is 0 Å². The minimum absolute atomic E-state index is 0.00866. The van der Waals surface area contributed by atoms with Gasteiger partial charge in [0, 0.05) is 53.2 Å². The Morgan fingerprint density at radius 3 is 2.78 bits per heavy atom. The van der Waals surface area contributed by atoms with Crippen molar-refractivity contribution in [3.05, 3.63) is 12.4 Å². The first-order valence-electron chi connectivity index (χ1n) is 10.2. The Kier molecular flexibility index (Phi) is 5.80. The molecule has 0 unspecified atom stereocenters. The summed E-state index contributed by atoms with van der Waals surface area (Å²) in [5.41, 5.74) is -0.00866. The first kappa shape index (κ1) is 18.9. The molecule has 3 aliphatic heterocycles. The van der Waals surface area contributed by atoms with E-state index >= 15 is 0 Å². The smallest absolute Gasteiger partial charge is 0.134 e. The quantitative estimate of drug-likeness (QED) is 0.674. The van der Waals surface area contributed by atoms with Gasteiger partial charge in [0.15, 0.2) is 0 Å². The van der Waals surface area contributed by atoms with Crippen molar-refractivity contribution in [2.75, 3.05) is 70.0 Å². The summed E-state index contributed by atoms with van der Waals surface area (Å²) in [5.74, 6) is 3.18. The van der Waals surface area contributed by atoms with Crippen molar-refractivity contribution in [2.45, 2.75) is 31.3 Å². The summed E-state index contributed by atoms with van der Waals surface area (Å²) in [6.45, 7) is 6.20. The van der Waals surface area contributed by atoms with Crippen molar-refractivity contribution in [3.8, 4) is 0 Å². The minimum Gasteiger partial charge on any atom is -0.381 e. The molecule has 4 rings (SSSR count). The lowest BCUT2D eigenvalue weighted by Crippen LogP contribution is -2.65. The van der Waals surface area contributed by atoms with Crippen LogP contribution in [0.5, 0.6) is 0 Å². The van der Waals surface area contributed by atoms with Crippen LogP contribution in [0.2, 0.25) is 0 Å². The average Bonchev–Trinajstić information content (AvgIpc) is 3.09. The van der Waals surface area contributed by atoms with Gasteiger partial charge in [-0.25, -0.2) is 9.97 Å². The second-order valence-electron chi connectivity index (χ2n) is 8.30. The molecule has 0 radical (unpaired) electrons. The van der Waals surface area contributed by atoms with Gasteiger partial charge in [-0.05, 0) is 37.5 Å². The van der Waals surface area contributed by atoms with Gasteiger partial charge in [0.1, 0.15) is 23.6 Å². The molecule has 1 aromatic rings. The van der Waals surface area contributed by atoms with Crippen LogP contribution in [-0.2, 0) is 14.2 Å². The van der Waals surface area contributed by atoms with Gasteiger partial charge < -0.3 is 24.0 Å². The molecule has 27 heavy (non-hydrogen) atoms. The second kappa shape index (κ2) is 8.29. The zero-order chi connectivity index (χ0) is 18.7. The Bertz CT molecular complexity index is 615. The first-order valence-corrected chi connectivity index (χ1v) is 10.2. The normalized spacial score (nSPS) is 25.0. The summed E-state index contributed by atoms with van der Waals surface area (Å²) >= 11 is 0. The number of nitrogens with zero attached hydrogens (tertiary/aromatic N) is 4. The Morgan fingerprint density at radius 1 is 1.19 bits per heavy atom. The van der Waals surface area contributed by atoms with E-state index in [2.05, 4.69) is 14.9 Å². The largest absolute Gasteiger partial charge is 0.381 e. The van der Waals surface area contributed by atoms with E-state index in [0.717, 1.165) is 83.4 Å². The highest BCUT2D eigenvalue weighted by Gasteiger charge is 2.53. The van der Waals surface area contributed by atoms with E-state index in [1.807, 2.05) is 25.1 Å². The van der Waals surface area contributed by atoms with Gasteiger partial charge in [-0.2, -0.15) is 0 Å². The Morgan fingerprint density at radius 2 is 2.00 bits per heavy atom. The van der Waals surface area contributed by atoms with Gasteiger partial charge in [0.05, 0.1) is 13.1 Å². The molecule has 0 saturated carbocycles. The molecule has 4 heterocycles. The van der Waals surface area contributed by atoms with Crippen LogP contribution in [0, 0.1) is 11.8 Å². The van der Waals surface area contributed by atoms with Crippen molar-refractivity contribution in [1.82, 2.24) is 9.97 Å². The van der Waals surface area contributed by atoms with E-state index < -0.39 is 0 Å². The fourth-order valence-electron chi connectivity index (χ4n) is 4.45. The molecule has 3 saturated heterocycles. The van der Waals surface area contributed by atoms with Crippen LogP contribution >= 0.6 is 0 Å². The monoisotopic (exact) mass is 376 g/mol. The molecule has 7 nitrogen and oxygen atoms in total. The van der Waals surface area contributed by atoms with Gasteiger partial charge in [-0.3, -0.25) is 0 Å². The fourth-order valence-corrected chi connectivity index (χ4v) is 4.45. The first-order chi connectivity index (χ1) is 13.2. The van der Waals surface area contributed by atoms with E-state index in [4.69, 9.17) is 14.2 Å². The molecule has 0 aliphatic carbocycles. The lowest BCUT2D eigenvalue weighted by atomic mass is 9.79. The van der Waals surface area contributed by atoms with Crippen molar-refractivity contribution < 1.29 is 14.2 Å². The van der Waals surface area contributed by atoms with Crippen LogP contribution in [0.1, 0.15) is 25.7 Å². The van der Waals surface area contributed by atoms with Crippen molar-refractivity contribution >= 4 is 11.6 Å². The van der Waals surface area contributed by atoms with Gasteiger partial charge in [0.25, 0.3) is 0 Å². The third kappa shape index (κ3) is 4.20. The number of ether oxygens (including phenoxy) is 3. The van der Waals surface area contributed by atoms with Crippen LogP contribution in [0.25, 0.3) is 0 Å². The maximum atomic E-state index is 6.20. The van der Waals surface area contributed by atoms with Gasteiger partial charge >= 0.3 is 0 Å². The molecule has 0 N–H and O–H groups in total. The third-order valence-corrected chi connectivity index (χ3v) is 6.24. The zero-order valence-corrected chi connectivity index (χ0v) is 16.6. The maximum Gasteiger partial charge on any atom is 0.134 e. The van der Waals surface area contributed by atoms with Crippen LogP contribution < -0.4 is 9.80 Å². The molecule has 0 aromatic carbocycles. The average molecular weight is 377 g/mol. The van der Waals surface area contributed by atoms with Crippen molar-refractivity contribution in [1.29, 1.82) is 0 Å². The maximum absolute atomic E-state index is 6.20. The molecule has 3 aliphatic rings. The Labute approximate surface area is 162 Å². The highest BCUT2D eigenvalue weighted by Crippen LogP contribution is 2.43. The van der Waals surface area contributed by atoms with Crippen LogP contribution in [0.15, 0.2) is 12.4 Å². The molecule has 0 bridgehead atoms. The van der Waals surface area contributed by atoms with Crippen LogP contribution in [0.4, 0.5) is 11.6 Å². The number of anilines is 2. The molecule has 1 atom stereocenters. The molecule has 150 valence electrons. The molecule has 3 fully saturated rings. The number of aromatic nitrogens is 2. The molecular weight excluding hydrogens is 344 g/mol. The highest BCUT2D eigenvalue weighted by atomic mass is 16.5. The number of rotatable bonds is 7. The Balaban J connectivity index is 1.25. The van der Waals surface area contributed by atoms with E-state index in [1.54, 1.807) is 6.33 Å². The molecule has 0 amide bonds. The number of hydrogen-bond acceptors (Lipinski definition) is 7. The van der Waals surface area contributed by atoms with Crippen molar-refractivity contribution in [2.24, 2.45) is 11.8 Å². The van der Waals surface area contributed by atoms with Crippen LogP contribution in [0.3, 0.4) is 0 Å². The van der Waals surface area contributed by atoms with Crippen molar-refractivity contribution in [3.63, 3.8) is 0 Å². The summed E-state index contributed by atoms with van der Waals surface area (Å²) < 4.78 is 17.6. The predicted molar refractivity (Wildman–Crippen MR) is 104 cm³/mol. The van der Waals surface area contributed by atoms with E-state index in [1.165, 1.54) is 0 Å². The predicted octanol–water partition coefficient (Wildman–Crippen LogP) is 1.97. The van der Waals surface area contributed by atoms with Gasteiger partial charge in [0.2, 0.25) is 0 Å². The second-order valence-corrected chi connectivity index (χ2v) is 8.30. The summed E-state index contributed by atoms with van der Waals surface area (Å²) in [6, 6.07) is 2.05. The lowest BCUT2D eigenvalue weighted by Gasteiger charge is -2.51. The van der Waals surface area contributed by atoms with Crippen LogP contribution in [-0.4, -0.2) is 75.8 Å². The summed E-state index contributed by atoms with van der Waals surface area (Å²) in [4.78, 5) is 13.1. The summed E-state index contributed by atoms with van der Waals surface area (Å²) in [6.07, 6.45) is 6.15. The molecular formula is C20H32N4O3. The van der Waals surface area contributed by atoms with E-state index in [0.29, 0.717) is 11.8 Å². The summed E-state index contributed by atoms with van der Waals surface area (Å²) in [5, 5.41) is 0. The zero-order valence-electron chi connectivity index (χ0n) is 16.6. The lowest BCUT2D eigenvalue weighted by molar-refractivity contribution is -0.0527. The molecule has 1 spiro atoms. The molecule has 1 aromatic heterocycles. The Hall–Kier alpha value is -1.44. The third-order valence-electron chi connectivity index (χ3n) is 6.24. The van der Waals surface area contributed by atoms with Gasteiger partial charge in [-0.15, -0.1) is 0 Å². The topological polar surface area (TPSA) is 60.0 Å². The fraction of sp³-hybridized carbons (Fsp3) is 0.800. The highest BCUT2D eigenvalue weighted by molar-refractivity contribution is 5.52.